The maximum Gasteiger partial charge on any atom is 0.172 e. The molecule has 5 rings (SSSR count). The Hall–Kier alpha value is -0.420. The maximum absolute atomic E-state index is 10.3. The molecule has 0 aromatic carbocycles. The summed E-state index contributed by atoms with van der Waals surface area (Å²) in [7, 11) is 0. The van der Waals surface area contributed by atoms with Gasteiger partial charge in [-0.15, -0.1) is 6.58 Å². The van der Waals surface area contributed by atoms with Crippen molar-refractivity contribution in [1.29, 1.82) is 0 Å². The van der Waals surface area contributed by atoms with Crippen molar-refractivity contribution in [3.8, 4) is 0 Å². The molecule has 31 heavy (non-hydrogen) atoms. The van der Waals surface area contributed by atoms with E-state index in [1.165, 1.54) is 25.7 Å². The van der Waals surface area contributed by atoms with E-state index in [-0.39, 0.29) is 11.5 Å². The monoisotopic (exact) mass is 432 g/mol. The largest absolute Gasteiger partial charge is 0.366 e. The molecule has 4 aliphatic carbocycles. The zero-order valence-corrected chi connectivity index (χ0v) is 20.2. The van der Waals surface area contributed by atoms with Crippen LogP contribution in [0.4, 0.5) is 0 Å². The Morgan fingerprint density at radius 3 is 2.39 bits per heavy atom. The number of hydrogen-bond acceptors (Lipinski definition) is 4. The van der Waals surface area contributed by atoms with Crippen molar-refractivity contribution in [3.63, 3.8) is 0 Å². The molecule has 6 unspecified atom stereocenters. The van der Waals surface area contributed by atoms with Crippen LogP contribution >= 0.6 is 0 Å². The van der Waals surface area contributed by atoms with Gasteiger partial charge in [0, 0.05) is 12.3 Å². The van der Waals surface area contributed by atoms with Crippen LogP contribution in [-0.2, 0) is 14.2 Å². The van der Waals surface area contributed by atoms with Crippen molar-refractivity contribution < 1.29 is 19.3 Å². The van der Waals surface area contributed by atoms with Gasteiger partial charge >= 0.3 is 0 Å². The average Bonchev–Trinajstić information content (AvgIpc) is 3.26. The summed E-state index contributed by atoms with van der Waals surface area (Å²) in [4.78, 5) is 0. The minimum absolute atomic E-state index is 0.115. The molecule has 176 valence electrons. The molecule has 1 heterocycles. The van der Waals surface area contributed by atoms with E-state index in [1.807, 2.05) is 0 Å². The number of rotatable bonds is 4. The predicted octanol–water partition coefficient (Wildman–Crippen LogP) is 5.69. The van der Waals surface area contributed by atoms with Gasteiger partial charge in [-0.1, -0.05) is 19.9 Å². The van der Waals surface area contributed by atoms with Crippen LogP contribution in [0.1, 0.15) is 85.5 Å². The Morgan fingerprint density at radius 1 is 1.00 bits per heavy atom. The van der Waals surface area contributed by atoms with E-state index < -0.39 is 11.6 Å². The first kappa shape index (κ1) is 22.4. The first-order chi connectivity index (χ1) is 14.6. The highest BCUT2D eigenvalue weighted by Gasteiger charge is 2.67. The van der Waals surface area contributed by atoms with Gasteiger partial charge in [-0.25, -0.2) is 0 Å². The predicted molar refractivity (Wildman–Crippen MR) is 121 cm³/mol. The van der Waals surface area contributed by atoms with Gasteiger partial charge in [0.25, 0.3) is 0 Å². The summed E-state index contributed by atoms with van der Waals surface area (Å²) < 4.78 is 19.2. The molecule has 0 aromatic heterocycles. The first-order valence-electron chi connectivity index (χ1n) is 12.9. The lowest BCUT2D eigenvalue weighted by Crippen LogP contribution is -2.63. The Balaban J connectivity index is 1.48. The van der Waals surface area contributed by atoms with Crippen LogP contribution in [0.15, 0.2) is 12.7 Å². The third-order valence-electron chi connectivity index (χ3n) is 10.5. The maximum atomic E-state index is 10.3. The Morgan fingerprint density at radius 2 is 1.71 bits per heavy atom. The van der Waals surface area contributed by atoms with Crippen molar-refractivity contribution in [3.05, 3.63) is 12.7 Å². The van der Waals surface area contributed by atoms with Gasteiger partial charge in [-0.05, 0) is 99.7 Å². The highest BCUT2D eigenvalue weighted by molar-refractivity contribution is 5.14. The van der Waals surface area contributed by atoms with Crippen LogP contribution in [0.5, 0.6) is 0 Å². The second-order valence-electron chi connectivity index (χ2n) is 12.5. The molecule has 5 aliphatic rings. The fourth-order valence-electron chi connectivity index (χ4n) is 9.41. The highest BCUT2D eigenvalue weighted by atomic mass is 16.7. The summed E-state index contributed by atoms with van der Waals surface area (Å²) in [5, 5.41) is 10.3. The number of fused-ring (bicyclic) bond motifs is 6. The second-order valence-corrected chi connectivity index (χ2v) is 12.5. The van der Waals surface area contributed by atoms with E-state index in [0.29, 0.717) is 23.2 Å². The molecule has 4 saturated carbocycles. The number of hydrogen-bond donors (Lipinski definition) is 1. The lowest BCUT2D eigenvalue weighted by Gasteiger charge is -2.65. The van der Waals surface area contributed by atoms with E-state index in [2.05, 4.69) is 26.5 Å². The molecular weight excluding hydrogens is 388 g/mol. The fourth-order valence-corrected chi connectivity index (χ4v) is 9.41. The van der Waals surface area contributed by atoms with Crippen LogP contribution < -0.4 is 0 Å². The van der Waals surface area contributed by atoms with Crippen LogP contribution in [0.25, 0.3) is 0 Å². The molecule has 0 radical (unpaired) electrons. The molecule has 0 aromatic rings. The van der Waals surface area contributed by atoms with Crippen molar-refractivity contribution in [1.82, 2.24) is 0 Å². The summed E-state index contributed by atoms with van der Waals surface area (Å²) in [6.45, 7) is 14.1. The summed E-state index contributed by atoms with van der Waals surface area (Å²) in [5.74, 6) is 1.85. The fraction of sp³-hybridized carbons (Fsp3) is 0.926. The molecule has 4 nitrogen and oxygen atoms in total. The number of allylic oxidation sites excluding steroid dienone is 1. The summed E-state index contributed by atoms with van der Waals surface area (Å²) >= 11 is 0. The minimum Gasteiger partial charge on any atom is -0.366 e. The molecule has 0 amide bonds. The minimum atomic E-state index is -1.07. The lowest BCUT2D eigenvalue weighted by molar-refractivity contribution is -0.307. The van der Waals surface area contributed by atoms with Gasteiger partial charge in [0.2, 0.25) is 0 Å². The van der Waals surface area contributed by atoms with Crippen LogP contribution in [0.2, 0.25) is 0 Å². The Labute approximate surface area is 189 Å². The van der Waals surface area contributed by atoms with Crippen LogP contribution in [0, 0.1) is 40.4 Å². The summed E-state index contributed by atoms with van der Waals surface area (Å²) in [5.41, 5.74) is 0.565. The quantitative estimate of drug-likeness (QED) is 0.458. The van der Waals surface area contributed by atoms with Gasteiger partial charge in [0.1, 0.15) is 0 Å². The number of ether oxygens (including phenoxy) is 3. The SMILES string of the molecule is C=CCC1CCC2C3CC4(OCCO4)[C@H]4CC[C@H](OC(C)(C)O)CC4(C)C3CCC12C. The van der Waals surface area contributed by atoms with Crippen molar-refractivity contribution >= 4 is 0 Å². The molecule has 0 bridgehead atoms. The van der Waals surface area contributed by atoms with Crippen LogP contribution in [0.3, 0.4) is 0 Å². The van der Waals surface area contributed by atoms with E-state index in [4.69, 9.17) is 14.2 Å². The third kappa shape index (κ3) is 3.47. The molecule has 1 N–H and O–H groups in total. The zero-order chi connectivity index (χ0) is 22.1. The molecule has 1 saturated heterocycles. The van der Waals surface area contributed by atoms with Crippen molar-refractivity contribution in [2.75, 3.05) is 13.2 Å². The summed E-state index contributed by atoms with van der Waals surface area (Å²) in [6.07, 6.45) is 12.9. The second kappa shape index (κ2) is 7.55. The molecule has 1 spiro atoms. The van der Waals surface area contributed by atoms with Crippen molar-refractivity contribution in [2.45, 2.75) is 103 Å². The normalized spacial score (nSPS) is 48.8. The summed E-state index contributed by atoms with van der Waals surface area (Å²) in [6, 6.07) is 0. The van der Waals surface area contributed by atoms with E-state index in [0.717, 1.165) is 57.2 Å². The number of aliphatic hydroxyl groups is 1. The van der Waals surface area contributed by atoms with Gasteiger partial charge in [0.05, 0.1) is 19.3 Å². The van der Waals surface area contributed by atoms with Crippen LogP contribution in [-0.4, -0.2) is 36.0 Å². The van der Waals surface area contributed by atoms with Gasteiger partial charge in [0.15, 0.2) is 11.6 Å². The standard InChI is InChI=1S/C27H44O4/c1-6-7-18-8-10-21-20-17-27(29-14-15-30-27)23-11-9-19(31-24(2,3)28)16-26(23,5)22(20)12-13-25(18,21)4/h6,18-23,28H,1,7-17H2,2-5H3/t18?,19-,20?,21?,22?,23-,25?,26?/m0/s1. The van der Waals surface area contributed by atoms with Gasteiger partial charge in [-0.3, -0.25) is 0 Å². The third-order valence-corrected chi connectivity index (χ3v) is 10.5. The smallest absolute Gasteiger partial charge is 0.172 e. The van der Waals surface area contributed by atoms with E-state index >= 15 is 0 Å². The van der Waals surface area contributed by atoms with E-state index in [1.54, 1.807) is 13.8 Å². The average molecular weight is 433 g/mol. The lowest BCUT2D eigenvalue weighted by atomic mass is 9.43. The Bertz CT molecular complexity index is 692. The molecule has 5 fully saturated rings. The van der Waals surface area contributed by atoms with Gasteiger partial charge < -0.3 is 19.3 Å². The first-order valence-corrected chi connectivity index (χ1v) is 12.9. The van der Waals surface area contributed by atoms with E-state index in [9.17, 15) is 5.11 Å². The Kier molecular flexibility index (Phi) is 5.45. The molecule has 8 atom stereocenters. The zero-order valence-electron chi connectivity index (χ0n) is 20.2. The molecule has 4 heteroatoms. The molecule has 1 aliphatic heterocycles. The van der Waals surface area contributed by atoms with Gasteiger partial charge in [-0.2, -0.15) is 0 Å². The van der Waals surface area contributed by atoms with Crippen molar-refractivity contribution in [2.24, 2.45) is 40.4 Å². The molecular formula is C27H44O4. The highest BCUT2D eigenvalue weighted by Crippen LogP contribution is 2.70. The topological polar surface area (TPSA) is 47.9 Å².